The number of carbonyl (C=O) groups is 2. The van der Waals surface area contributed by atoms with Crippen molar-refractivity contribution < 1.29 is 14.3 Å². The smallest absolute Gasteiger partial charge is 0.250 e. The van der Waals surface area contributed by atoms with Crippen LogP contribution in [0, 0.1) is 0 Å². The second-order valence-electron chi connectivity index (χ2n) is 4.25. The maximum absolute atomic E-state index is 11.5. The first kappa shape index (κ1) is 12.6. The van der Waals surface area contributed by atoms with Crippen molar-refractivity contribution in [3.8, 4) is 0 Å². The highest BCUT2D eigenvalue weighted by molar-refractivity contribution is 5.91. The minimum Gasteiger partial charge on any atom is -0.375 e. The Morgan fingerprint density at radius 3 is 2.94 bits per heavy atom. The summed E-state index contributed by atoms with van der Waals surface area (Å²) >= 11 is 0. The van der Waals surface area contributed by atoms with Gasteiger partial charge in [0.15, 0.2) is 0 Å². The number of methoxy groups -OCH3 is 1. The summed E-state index contributed by atoms with van der Waals surface area (Å²) in [6, 6.07) is 0.342. The van der Waals surface area contributed by atoms with Gasteiger partial charge in [0, 0.05) is 19.3 Å². The van der Waals surface area contributed by atoms with Gasteiger partial charge in [-0.25, -0.2) is 0 Å². The topological polar surface area (TPSA) is 85.2 Å². The van der Waals surface area contributed by atoms with Gasteiger partial charge < -0.3 is 15.4 Å². The van der Waals surface area contributed by atoms with Crippen molar-refractivity contribution in [3.05, 3.63) is 12.4 Å². The van der Waals surface area contributed by atoms with Crippen LogP contribution in [-0.2, 0) is 20.9 Å². The van der Waals surface area contributed by atoms with Gasteiger partial charge in [0.05, 0.1) is 11.9 Å². The van der Waals surface area contributed by atoms with Gasteiger partial charge in [0.1, 0.15) is 13.2 Å². The molecule has 7 nitrogen and oxygen atoms in total. The SMILES string of the molecule is COCC(=O)Nc1cnn(CC(=O)NC2CC2)c1. The Balaban J connectivity index is 1.81. The fourth-order valence-corrected chi connectivity index (χ4v) is 1.49. The first-order valence-electron chi connectivity index (χ1n) is 5.78. The van der Waals surface area contributed by atoms with E-state index in [9.17, 15) is 9.59 Å². The standard InChI is InChI=1S/C11H16N4O3/c1-18-7-11(17)14-9-4-12-15(5-9)6-10(16)13-8-2-3-8/h4-5,8H,2-3,6-7H2,1H3,(H,13,16)(H,14,17). The summed E-state index contributed by atoms with van der Waals surface area (Å²) in [4.78, 5) is 22.8. The third-order valence-corrected chi connectivity index (χ3v) is 2.44. The number of carbonyl (C=O) groups excluding carboxylic acids is 2. The number of aromatic nitrogens is 2. The van der Waals surface area contributed by atoms with Gasteiger partial charge in [0.2, 0.25) is 11.8 Å². The average Bonchev–Trinajstić information content (AvgIpc) is 3.00. The molecule has 2 amide bonds. The number of ether oxygens (including phenoxy) is 1. The Bertz CT molecular complexity index is 439. The number of hydrogen-bond acceptors (Lipinski definition) is 4. The summed E-state index contributed by atoms with van der Waals surface area (Å²) < 4.78 is 6.18. The molecule has 0 unspecified atom stereocenters. The molecule has 2 N–H and O–H groups in total. The van der Waals surface area contributed by atoms with Crippen molar-refractivity contribution >= 4 is 17.5 Å². The fourth-order valence-electron chi connectivity index (χ4n) is 1.49. The number of amides is 2. The molecule has 1 heterocycles. The predicted molar refractivity (Wildman–Crippen MR) is 63.9 cm³/mol. The van der Waals surface area contributed by atoms with Crippen LogP contribution < -0.4 is 10.6 Å². The number of anilines is 1. The molecule has 0 radical (unpaired) electrons. The van der Waals surface area contributed by atoms with Gasteiger partial charge in [-0.3, -0.25) is 14.3 Å². The van der Waals surface area contributed by atoms with Crippen LogP contribution in [0.4, 0.5) is 5.69 Å². The number of nitrogens with zero attached hydrogens (tertiary/aromatic N) is 2. The van der Waals surface area contributed by atoms with Crippen LogP contribution in [0.2, 0.25) is 0 Å². The number of rotatable bonds is 6. The van der Waals surface area contributed by atoms with E-state index in [1.165, 1.54) is 18.0 Å². The van der Waals surface area contributed by atoms with E-state index in [1.54, 1.807) is 6.20 Å². The maximum atomic E-state index is 11.5. The lowest BCUT2D eigenvalue weighted by Crippen LogP contribution is -2.29. The van der Waals surface area contributed by atoms with Crippen LogP contribution >= 0.6 is 0 Å². The van der Waals surface area contributed by atoms with Gasteiger partial charge >= 0.3 is 0 Å². The molecule has 0 aromatic carbocycles. The zero-order valence-electron chi connectivity index (χ0n) is 10.2. The highest BCUT2D eigenvalue weighted by Crippen LogP contribution is 2.18. The molecule has 0 saturated heterocycles. The minimum absolute atomic E-state index is 0.00660. The second kappa shape index (κ2) is 5.63. The molecule has 1 aromatic heterocycles. The predicted octanol–water partition coefficient (Wildman–Crippen LogP) is -0.253. The van der Waals surface area contributed by atoms with Crippen LogP contribution in [-0.4, -0.2) is 41.4 Å². The lowest BCUT2D eigenvalue weighted by Gasteiger charge is -2.03. The number of hydrogen-bond donors (Lipinski definition) is 2. The van der Waals surface area contributed by atoms with Crippen LogP contribution in [0.25, 0.3) is 0 Å². The van der Waals surface area contributed by atoms with E-state index in [0.29, 0.717) is 11.7 Å². The van der Waals surface area contributed by atoms with Crippen molar-refractivity contribution in [3.63, 3.8) is 0 Å². The first-order chi connectivity index (χ1) is 8.67. The normalized spacial score (nSPS) is 14.3. The summed E-state index contributed by atoms with van der Waals surface area (Å²) in [6.45, 7) is 0.157. The molecular weight excluding hydrogens is 236 g/mol. The van der Waals surface area contributed by atoms with E-state index in [4.69, 9.17) is 4.74 Å². The number of nitrogens with one attached hydrogen (secondary N) is 2. The van der Waals surface area contributed by atoms with Gasteiger partial charge in [-0.2, -0.15) is 5.10 Å². The van der Waals surface area contributed by atoms with Gasteiger partial charge in [-0.05, 0) is 12.8 Å². The highest BCUT2D eigenvalue weighted by atomic mass is 16.5. The second-order valence-corrected chi connectivity index (χ2v) is 4.25. The van der Waals surface area contributed by atoms with Crippen LogP contribution in [0.1, 0.15) is 12.8 Å². The Morgan fingerprint density at radius 1 is 1.50 bits per heavy atom. The van der Waals surface area contributed by atoms with E-state index < -0.39 is 0 Å². The van der Waals surface area contributed by atoms with Gasteiger partial charge in [-0.1, -0.05) is 0 Å². The Labute approximate surface area is 104 Å². The van der Waals surface area contributed by atoms with Crippen molar-refractivity contribution in [1.82, 2.24) is 15.1 Å². The maximum Gasteiger partial charge on any atom is 0.250 e. The summed E-state index contributed by atoms with van der Waals surface area (Å²) in [6.07, 6.45) is 5.23. The highest BCUT2D eigenvalue weighted by Gasteiger charge is 2.23. The van der Waals surface area contributed by atoms with E-state index in [1.807, 2.05) is 0 Å². The lowest BCUT2D eigenvalue weighted by molar-refractivity contribution is -0.122. The molecule has 7 heteroatoms. The molecule has 0 spiro atoms. The Hall–Kier alpha value is -1.89. The van der Waals surface area contributed by atoms with Crippen molar-refractivity contribution in [2.45, 2.75) is 25.4 Å². The van der Waals surface area contributed by atoms with E-state index >= 15 is 0 Å². The molecule has 0 bridgehead atoms. The molecular formula is C11H16N4O3. The fraction of sp³-hybridized carbons (Fsp3) is 0.545. The van der Waals surface area contributed by atoms with Gasteiger partial charge in [0.25, 0.3) is 0 Å². The molecule has 18 heavy (non-hydrogen) atoms. The Morgan fingerprint density at radius 2 is 2.28 bits per heavy atom. The van der Waals surface area contributed by atoms with E-state index in [2.05, 4.69) is 15.7 Å². The third-order valence-electron chi connectivity index (χ3n) is 2.44. The molecule has 0 atom stereocenters. The zero-order chi connectivity index (χ0) is 13.0. The summed E-state index contributed by atoms with van der Waals surface area (Å²) in [5.41, 5.74) is 0.552. The first-order valence-corrected chi connectivity index (χ1v) is 5.78. The zero-order valence-corrected chi connectivity index (χ0v) is 10.2. The van der Waals surface area contributed by atoms with E-state index in [-0.39, 0.29) is 25.0 Å². The average molecular weight is 252 g/mol. The lowest BCUT2D eigenvalue weighted by atomic mass is 10.5. The molecule has 0 aliphatic heterocycles. The summed E-state index contributed by atoms with van der Waals surface area (Å²) in [7, 11) is 1.45. The molecule has 1 saturated carbocycles. The quantitative estimate of drug-likeness (QED) is 0.731. The van der Waals surface area contributed by atoms with Crippen LogP contribution in [0.3, 0.4) is 0 Å². The third kappa shape index (κ3) is 3.85. The molecule has 1 aliphatic rings. The van der Waals surface area contributed by atoms with Crippen molar-refractivity contribution in [2.24, 2.45) is 0 Å². The minimum atomic E-state index is -0.250. The summed E-state index contributed by atoms with van der Waals surface area (Å²) in [5, 5.41) is 9.47. The van der Waals surface area contributed by atoms with Crippen molar-refractivity contribution in [1.29, 1.82) is 0 Å². The van der Waals surface area contributed by atoms with Crippen molar-refractivity contribution in [2.75, 3.05) is 19.0 Å². The largest absolute Gasteiger partial charge is 0.375 e. The summed E-state index contributed by atoms with van der Waals surface area (Å²) in [5.74, 6) is -0.310. The van der Waals surface area contributed by atoms with Gasteiger partial charge in [-0.15, -0.1) is 0 Å². The monoisotopic (exact) mass is 252 g/mol. The Kier molecular flexibility index (Phi) is 3.93. The molecule has 2 rings (SSSR count). The molecule has 1 aliphatic carbocycles. The molecule has 1 aromatic rings. The van der Waals surface area contributed by atoms with E-state index in [0.717, 1.165) is 12.8 Å². The molecule has 98 valence electrons. The van der Waals surface area contributed by atoms with Crippen LogP contribution in [0.5, 0.6) is 0 Å². The van der Waals surface area contributed by atoms with Crippen LogP contribution in [0.15, 0.2) is 12.4 Å². The molecule has 1 fully saturated rings.